The van der Waals surface area contributed by atoms with Crippen molar-refractivity contribution in [3.8, 4) is 11.3 Å². The Morgan fingerprint density at radius 2 is 1.85 bits per heavy atom. The number of likely N-dealkylation sites (tertiary alicyclic amines) is 1. The molecule has 1 saturated heterocycles. The molecule has 4 nitrogen and oxygen atoms in total. The molecule has 0 spiro atoms. The second kappa shape index (κ2) is 7.70. The van der Waals surface area contributed by atoms with Crippen molar-refractivity contribution in [2.45, 2.75) is 25.3 Å². The van der Waals surface area contributed by atoms with Gasteiger partial charge in [-0.25, -0.2) is 9.78 Å². The Balaban J connectivity index is 1.42. The Morgan fingerprint density at radius 1 is 1.12 bits per heavy atom. The molecule has 26 heavy (non-hydrogen) atoms. The fourth-order valence-corrected chi connectivity index (χ4v) is 4.15. The van der Waals surface area contributed by atoms with E-state index in [0.717, 1.165) is 37.1 Å². The molecule has 1 aliphatic heterocycles. The van der Waals surface area contributed by atoms with Gasteiger partial charge in [0.1, 0.15) is 0 Å². The molecule has 2 amide bonds. The molecule has 0 bridgehead atoms. The van der Waals surface area contributed by atoms with E-state index in [1.54, 1.807) is 0 Å². The molecule has 1 atom stereocenters. The van der Waals surface area contributed by atoms with Crippen LogP contribution in [0.1, 0.15) is 18.4 Å². The predicted molar refractivity (Wildman–Crippen MR) is 106 cm³/mol. The zero-order valence-electron chi connectivity index (χ0n) is 14.5. The molecule has 4 rings (SSSR count). The van der Waals surface area contributed by atoms with Gasteiger partial charge in [0, 0.05) is 23.5 Å². The van der Waals surface area contributed by atoms with Gasteiger partial charge >= 0.3 is 6.03 Å². The predicted octanol–water partition coefficient (Wildman–Crippen LogP) is 5.05. The third-order valence-electron chi connectivity index (χ3n) is 4.74. The molecule has 1 fully saturated rings. The number of nitrogens with zero attached hydrogens (tertiary/aromatic N) is 2. The fourth-order valence-electron chi connectivity index (χ4n) is 3.44. The molecule has 2 heterocycles. The first kappa shape index (κ1) is 16.8. The van der Waals surface area contributed by atoms with Crippen LogP contribution in [-0.2, 0) is 6.42 Å². The van der Waals surface area contributed by atoms with Gasteiger partial charge < -0.3 is 4.90 Å². The van der Waals surface area contributed by atoms with E-state index in [2.05, 4.69) is 34.6 Å². The van der Waals surface area contributed by atoms with E-state index in [0.29, 0.717) is 5.13 Å². The summed E-state index contributed by atoms with van der Waals surface area (Å²) < 4.78 is 0. The minimum Gasteiger partial charge on any atom is -0.321 e. The number of thiazole rings is 1. The number of rotatable bonds is 4. The molecule has 132 valence electrons. The molecule has 0 aliphatic carbocycles. The second-order valence-electron chi connectivity index (χ2n) is 6.51. The van der Waals surface area contributed by atoms with Gasteiger partial charge in [0.15, 0.2) is 5.13 Å². The van der Waals surface area contributed by atoms with Crippen molar-refractivity contribution < 1.29 is 4.79 Å². The molecule has 3 aromatic rings. The average Bonchev–Trinajstić information content (AvgIpc) is 3.33. The summed E-state index contributed by atoms with van der Waals surface area (Å²) in [6.07, 6.45) is 3.01. The highest BCUT2D eigenvalue weighted by molar-refractivity contribution is 7.14. The van der Waals surface area contributed by atoms with Crippen molar-refractivity contribution >= 4 is 22.5 Å². The molecule has 1 aliphatic rings. The monoisotopic (exact) mass is 363 g/mol. The van der Waals surface area contributed by atoms with Gasteiger partial charge in [0.25, 0.3) is 0 Å². The molecular weight excluding hydrogens is 342 g/mol. The number of hydrogen-bond acceptors (Lipinski definition) is 3. The molecular formula is C21H21N3OS. The lowest BCUT2D eigenvalue weighted by Gasteiger charge is -2.24. The van der Waals surface area contributed by atoms with Gasteiger partial charge in [-0.3, -0.25) is 5.32 Å². The molecule has 1 N–H and O–H groups in total. The van der Waals surface area contributed by atoms with Gasteiger partial charge in [-0.15, -0.1) is 11.3 Å². The Bertz CT molecular complexity index is 863. The van der Waals surface area contributed by atoms with E-state index in [1.165, 1.54) is 16.9 Å². The van der Waals surface area contributed by atoms with Crippen molar-refractivity contribution in [2.75, 3.05) is 11.9 Å². The van der Waals surface area contributed by atoms with Crippen LogP contribution in [0.2, 0.25) is 0 Å². The molecule has 5 heteroatoms. The molecule has 2 aromatic carbocycles. The van der Waals surface area contributed by atoms with Crippen LogP contribution in [0.15, 0.2) is 66.0 Å². The molecule has 0 saturated carbocycles. The number of carbonyl (C=O) groups is 1. The standard InChI is InChI=1S/C21H21N3OS/c25-21(23-20-22-19(15-26-20)17-10-5-2-6-11-17)24-13-7-12-18(24)14-16-8-3-1-4-9-16/h1-6,8-11,15,18H,7,12-14H2,(H,22,23,25). The maximum absolute atomic E-state index is 12.7. The maximum Gasteiger partial charge on any atom is 0.323 e. The minimum atomic E-state index is -0.0441. The summed E-state index contributed by atoms with van der Waals surface area (Å²) in [6.45, 7) is 0.806. The average molecular weight is 363 g/mol. The minimum absolute atomic E-state index is 0.0441. The number of nitrogens with one attached hydrogen (secondary N) is 1. The van der Waals surface area contributed by atoms with Crippen molar-refractivity contribution in [1.29, 1.82) is 0 Å². The SMILES string of the molecule is O=C(Nc1nc(-c2ccccc2)cs1)N1CCCC1Cc1ccccc1. The second-order valence-corrected chi connectivity index (χ2v) is 7.37. The van der Waals surface area contributed by atoms with Crippen LogP contribution >= 0.6 is 11.3 Å². The lowest BCUT2D eigenvalue weighted by atomic mass is 10.0. The maximum atomic E-state index is 12.7. The summed E-state index contributed by atoms with van der Waals surface area (Å²) in [5, 5.41) is 5.62. The van der Waals surface area contributed by atoms with Gasteiger partial charge in [0.05, 0.1) is 5.69 Å². The topological polar surface area (TPSA) is 45.2 Å². The van der Waals surface area contributed by atoms with Crippen molar-refractivity contribution in [2.24, 2.45) is 0 Å². The zero-order valence-corrected chi connectivity index (χ0v) is 15.3. The number of anilines is 1. The van der Waals surface area contributed by atoms with Crippen LogP contribution in [0.4, 0.5) is 9.93 Å². The van der Waals surface area contributed by atoms with Crippen LogP contribution in [-0.4, -0.2) is 28.5 Å². The summed E-state index contributed by atoms with van der Waals surface area (Å²) in [5.41, 5.74) is 3.23. The van der Waals surface area contributed by atoms with E-state index < -0.39 is 0 Å². The van der Waals surface area contributed by atoms with E-state index >= 15 is 0 Å². The quantitative estimate of drug-likeness (QED) is 0.705. The highest BCUT2D eigenvalue weighted by Gasteiger charge is 2.29. The highest BCUT2D eigenvalue weighted by atomic mass is 32.1. The molecule has 1 aromatic heterocycles. The third-order valence-corrected chi connectivity index (χ3v) is 5.50. The summed E-state index contributed by atoms with van der Waals surface area (Å²) in [5.74, 6) is 0. The van der Waals surface area contributed by atoms with Crippen molar-refractivity contribution in [3.63, 3.8) is 0 Å². The van der Waals surface area contributed by atoms with Gasteiger partial charge in [-0.2, -0.15) is 0 Å². The molecule has 0 radical (unpaired) electrons. The Kier molecular flexibility index (Phi) is 4.97. The normalized spacial score (nSPS) is 16.6. The van der Waals surface area contributed by atoms with E-state index in [4.69, 9.17) is 0 Å². The number of hydrogen-bond donors (Lipinski definition) is 1. The Hall–Kier alpha value is -2.66. The first-order valence-corrected chi connectivity index (χ1v) is 9.80. The lowest BCUT2D eigenvalue weighted by molar-refractivity contribution is 0.206. The third kappa shape index (κ3) is 3.78. The first-order chi connectivity index (χ1) is 12.8. The van der Waals surface area contributed by atoms with E-state index in [-0.39, 0.29) is 12.1 Å². The number of urea groups is 1. The number of aromatic nitrogens is 1. The van der Waals surface area contributed by atoms with Crippen LogP contribution < -0.4 is 5.32 Å². The van der Waals surface area contributed by atoms with E-state index in [9.17, 15) is 4.79 Å². The Labute approximate surface area is 157 Å². The zero-order chi connectivity index (χ0) is 17.8. The van der Waals surface area contributed by atoms with Crippen molar-refractivity contribution in [1.82, 2.24) is 9.88 Å². The number of benzene rings is 2. The first-order valence-electron chi connectivity index (χ1n) is 8.92. The largest absolute Gasteiger partial charge is 0.323 e. The van der Waals surface area contributed by atoms with Gasteiger partial charge in [-0.05, 0) is 24.8 Å². The lowest BCUT2D eigenvalue weighted by Crippen LogP contribution is -2.39. The summed E-state index contributed by atoms with van der Waals surface area (Å²) >= 11 is 1.47. The summed E-state index contributed by atoms with van der Waals surface area (Å²) in [7, 11) is 0. The van der Waals surface area contributed by atoms with Gasteiger partial charge in [0.2, 0.25) is 0 Å². The van der Waals surface area contributed by atoms with Crippen LogP contribution in [0.3, 0.4) is 0 Å². The van der Waals surface area contributed by atoms with Crippen LogP contribution in [0, 0.1) is 0 Å². The number of carbonyl (C=O) groups excluding carboxylic acids is 1. The van der Waals surface area contributed by atoms with Crippen LogP contribution in [0.5, 0.6) is 0 Å². The fraction of sp³-hybridized carbons (Fsp3) is 0.238. The smallest absolute Gasteiger partial charge is 0.321 e. The van der Waals surface area contributed by atoms with Gasteiger partial charge in [-0.1, -0.05) is 60.7 Å². The molecule has 1 unspecified atom stereocenters. The van der Waals surface area contributed by atoms with Crippen LogP contribution in [0.25, 0.3) is 11.3 Å². The van der Waals surface area contributed by atoms with E-state index in [1.807, 2.05) is 46.7 Å². The number of amides is 2. The highest BCUT2D eigenvalue weighted by Crippen LogP contribution is 2.26. The summed E-state index contributed by atoms with van der Waals surface area (Å²) in [4.78, 5) is 19.3. The summed E-state index contributed by atoms with van der Waals surface area (Å²) in [6, 6.07) is 20.6. The van der Waals surface area contributed by atoms with Crippen molar-refractivity contribution in [3.05, 3.63) is 71.6 Å². The Morgan fingerprint density at radius 3 is 2.62 bits per heavy atom.